The second kappa shape index (κ2) is 13.9. The number of nitrogens with zero attached hydrogens (tertiary/aromatic N) is 3. The van der Waals surface area contributed by atoms with Crippen LogP contribution in [0.25, 0.3) is 5.70 Å². The molecule has 3 aromatic carbocycles. The number of ketones is 1. The molecule has 1 heterocycles. The Kier molecular flexibility index (Phi) is 10.1. The summed E-state index contributed by atoms with van der Waals surface area (Å²) in [4.78, 5) is 70.3. The number of hydrazine groups is 1. The van der Waals surface area contributed by atoms with Crippen LogP contribution in [0.5, 0.6) is 0 Å². The van der Waals surface area contributed by atoms with E-state index in [-0.39, 0.29) is 18.0 Å². The molecule has 0 saturated carbocycles. The fourth-order valence-corrected chi connectivity index (χ4v) is 5.21. The number of esters is 1. The normalized spacial score (nSPS) is 15.6. The van der Waals surface area contributed by atoms with Crippen molar-refractivity contribution >= 4 is 35.2 Å². The molecule has 0 aromatic heterocycles. The Morgan fingerprint density at radius 3 is 1.89 bits per heavy atom. The Hall–Kier alpha value is -5.05. The molecule has 3 amide bonds. The first-order valence-electron chi connectivity index (χ1n) is 14.6. The molecule has 1 aliphatic heterocycles. The zero-order chi connectivity index (χ0) is 32.0. The van der Waals surface area contributed by atoms with Crippen LogP contribution in [-0.4, -0.2) is 62.6 Å². The average Bonchev–Trinajstić information content (AvgIpc) is 3.01. The van der Waals surface area contributed by atoms with Gasteiger partial charge in [-0.05, 0) is 37.5 Å². The maximum Gasteiger partial charge on any atom is 0.377 e. The quantitative estimate of drug-likeness (QED) is 0.244. The van der Waals surface area contributed by atoms with Crippen molar-refractivity contribution in [3.8, 4) is 0 Å². The Morgan fingerprint density at radius 1 is 0.818 bits per heavy atom. The van der Waals surface area contributed by atoms with Gasteiger partial charge >= 0.3 is 5.97 Å². The predicted octanol–water partition coefficient (Wildman–Crippen LogP) is 4.89. The van der Waals surface area contributed by atoms with Gasteiger partial charge < -0.3 is 4.74 Å². The topological polar surface area (TPSA) is 104 Å². The third kappa shape index (κ3) is 6.94. The number of carbonyl (C=O) groups is 5. The van der Waals surface area contributed by atoms with E-state index in [0.717, 1.165) is 10.0 Å². The third-order valence-electron chi connectivity index (χ3n) is 7.16. The molecule has 0 aliphatic carbocycles. The Balaban J connectivity index is 1.93. The molecular weight excluding hydrogens is 558 g/mol. The minimum atomic E-state index is -1.42. The highest BCUT2D eigenvalue weighted by Crippen LogP contribution is 2.34. The Labute approximate surface area is 257 Å². The van der Waals surface area contributed by atoms with Gasteiger partial charge in [-0.25, -0.2) is 14.8 Å². The first-order chi connectivity index (χ1) is 21.0. The average molecular weight is 596 g/mol. The molecule has 2 atom stereocenters. The zero-order valence-electron chi connectivity index (χ0n) is 25.5. The molecule has 3 aromatic rings. The number of amides is 3. The summed E-state index contributed by atoms with van der Waals surface area (Å²) >= 11 is 0. The van der Waals surface area contributed by atoms with Crippen molar-refractivity contribution in [2.45, 2.75) is 59.2 Å². The van der Waals surface area contributed by atoms with Crippen molar-refractivity contribution in [3.05, 3.63) is 114 Å². The summed E-state index contributed by atoms with van der Waals surface area (Å²) in [5.74, 6) is -4.09. The molecule has 1 aliphatic rings. The Morgan fingerprint density at radius 2 is 1.36 bits per heavy atom. The van der Waals surface area contributed by atoms with E-state index in [1.807, 2.05) is 6.07 Å². The van der Waals surface area contributed by atoms with Crippen LogP contribution in [-0.2, 0) is 30.3 Å². The number of Topliss-reactive ketones (excluding diaryl/α,β-unsaturated/α-hetero) is 1. The van der Waals surface area contributed by atoms with E-state index in [1.54, 1.807) is 119 Å². The van der Waals surface area contributed by atoms with Crippen molar-refractivity contribution in [2.75, 3.05) is 0 Å². The van der Waals surface area contributed by atoms with E-state index in [4.69, 9.17) is 4.74 Å². The molecule has 0 saturated heterocycles. The highest BCUT2D eigenvalue weighted by atomic mass is 16.5. The molecular formula is C35H37N3O6. The van der Waals surface area contributed by atoms with E-state index in [0.29, 0.717) is 16.7 Å². The van der Waals surface area contributed by atoms with Crippen LogP contribution in [0.15, 0.2) is 97.2 Å². The summed E-state index contributed by atoms with van der Waals surface area (Å²) in [7, 11) is 0. The molecule has 0 spiro atoms. The lowest BCUT2D eigenvalue weighted by molar-refractivity contribution is -0.171. The van der Waals surface area contributed by atoms with Gasteiger partial charge in [0.1, 0.15) is 12.1 Å². The first kappa shape index (κ1) is 31.9. The SMILES string of the molecule is CC(=O)N([C@@H](Cc1ccccc1)C(=O)C(=O)OC(C)C)N1C(=O)[C@@H](C(C)C)N(C(=O)c2ccccc2)C=C1c1ccccc1. The minimum absolute atomic E-state index is 0.0582. The number of hydrogen-bond acceptors (Lipinski definition) is 6. The van der Waals surface area contributed by atoms with Gasteiger partial charge in [-0.2, -0.15) is 0 Å². The lowest BCUT2D eigenvalue weighted by atomic mass is 9.96. The van der Waals surface area contributed by atoms with Crippen molar-refractivity contribution in [2.24, 2.45) is 5.92 Å². The maximum absolute atomic E-state index is 14.6. The molecule has 0 radical (unpaired) electrons. The molecule has 0 fully saturated rings. The maximum atomic E-state index is 14.6. The first-order valence-corrected chi connectivity index (χ1v) is 14.6. The molecule has 9 heteroatoms. The Bertz CT molecular complexity index is 1540. The van der Waals surface area contributed by atoms with Gasteiger partial charge in [-0.15, -0.1) is 0 Å². The second-order valence-corrected chi connectivity index (χ2v) is 11.2. The van der Waals surface area contributed by atoms with Crippen LogP contribution < -0.4 is 0 Å². The molecule has 0 N–H and O–H groups in total. The number of ether oxygens (including phenoxy) is 1. The predicted molar refractivity (Wildman–Crippen MR) is 165 cm³/mol. The van der Waals surface area contributed by atoms with Gasteiger partial charge in [0, 0.05) is 30.7 Å². The van der Waals surface area contributed by atoms with Gasteiger partial charge in [0.05, 0.1) is 11.8 Å². The molecule has 0 bridgehead atoms. The molecule has 4 rings (SSSR count). The van der Waals surface area contributed by atoms with Gasteiger partial charge in [0.15, 0.2) is 0 Å². The van der Waals surface area contributed by atoms with Gasteiger partial charge in [0.2, 0.25) is 5.91 Å². The van der Waals surface area contributed by atoms with Crippen LogP contribution >= 0.6 is 0 Å². The summed E-state index contributed by atoms with van der Waals surface area (Å²) in [6.45, 7) is 8.09. The minimum Gasteiger partial charge on any atom is -0.457 e. The standard InChI is InChI=1S/C35H37N3O6/c1-23(2)31-34(42)38(30(27-17-11-7-12-18-27)22-36(31)33(41)28-19-13-8-14-20-28)37(25(5)39)29(21-26-15-9-6-10-16-26)32(40)35(43)44-24(3)4/h6-20,22-24,29,31H,21H2,1-5H3/t29-,31+/m0/s1. The fourth-order valence-electron chi connectivity index (χ4n) is 5.21. The van der Waals surface area contributed by atoms with E-state index in [1.165, 1.54) is 11.8 Å². The highest BCUT2D eigenvalue weighted by Gasteiger charge is 2.47. The van der Waals surface area contributed by atoms with Crippen LogP contribution in [0.3, 0.4) is 0 Å². The van der Waals surface area contributed by atoms with Gasteiger partial charge in [-0.1, -0.05) is 92.7 Å². The van der Waals surface area contributed by atoms with Crippen LogP contribution in [0.2, 0.25) is 0 Å². The molecule has 44 heavy (non-hydrogen) atoms. The monoisotopic (exact) mass is 595 g/mol. The van der Waals surface area contributed by atoms with Crippen LogP contribution in [0.1, 0.15) is 56.1 Å². The number of rotatable bonds is 10. The zero-order valence-corrected chi connectivity index (χ0v) is 25.5. The van der Waals surface area contributed by atoms with Crippen molar-refractivity contribution in [1.82, 2.24) is 14.9 Å². The van der Waals surface area contributed by atoms with Crippen molar-refractivity contribution in [1.29, 1.82) is 0 Å². The van der Waals surface area contributed by atoms with Crippen molar-refractivity contribution in [3.63, 3.8) is 0 Å². The highest BCUT2D eigenvalue weighted by molar-refractivity contribution is 6.36. The fraction of sp³-hybridized carbons (Fsp3) is 0.286. The van der Waals surface area contributed by atoms with Gasteiger partial charge in [0.25, 0.3) is 17.6 Å². The number of benzene rings is 3. The van der Waals surface area contributed by atoms with Crippen molar-refractivity contribution < 1.29 is 28.7 Å². The van der Waals surface area contributed by atoms with E-state index >= 15 is 0 Å². The molecule has 9 nitrogen and oxygen atoms in total. The van der Waals surface area contributed by atoms with Crippen LogP contribution in [0.4, 0.5) is 0 Å². The summed E-state index contributed by atoms with van der Waals surface area (Å²) in [6.07, 6.45) is 0.911. The molecule has 0 unspecified atom stereocenters. The van der Waals surface area contributed by atoms with Crippen LogP contribution in [0, 0.1) is 5.92 Å². The number of hydrogen-bond donors (Lipinski definition) is 0. The van der Waals surface area contributed by atoms with Gasteiger partial charge in [-0.3, -0.25) is 24.1 Å². The summed E-state index contributed by atoms with van der Waals surface area (Å²) in [5.41, 5.74) is 1.79. The molecule has 228 valence electrons. The lowest BCUT2D eigenvalue weighted by Gasteiger charge is -2.46. The summed E-state index contributed by atoms with van der Waals surface area (Å²) in [5, 5.41) is 2.20. The van der Waals surface area contributed by atoms with E-state index < -0.39 is 47.7 Å². The number of carbonyl (C=O) groups excluding carboxylic acids is 5. The largest absolute Gasteiger partial charge is 0.457 e. The van der Waals surface area contributed by atoms with E-state index in [9.17, 15) is 24.0 Å². The third-order valence-corrected chi connectivity index (χ3v) is 7.16. The second-order valence-electron chi connectivity index (χ2n) is 11.2. The smallest absolute Gasteiger partial charge is 0.377 e. The lowest BCUT2D eigenvalue weighted by Crippen LogP contribution is -2.64. The van der Waals surface area contributed by atoms with E-state index in [2.05, 4.69) is 0 Å². The summed E-state index contributed by atoms with van der Waals surface area (Å²) < 4.78 is 5.25. The summed E-state index contributed by atoms with van der Waals surface area (Å²) in [6, 6.07) is 23.9.